The van der Waals surface area contributed by atoms with Crippen molar-refractivity contribution in [1.29, 1.82) is 0 Å². The molecule has 0 aliphatic carbocycles. The van der Waals surface area contributed by atoms with Crippen LogP contribution < -0.4 is 9.64 Å². The van der Waals surface area contributed by atoms with Crippen LogP contribution in [0.4, 0.5) is 5.69 Å². The minimum Gasteiger partial charge on any atom is -0.496 e. The summed E-state index contributed by atoms with van der Waals surface area (Å²) in [6, 6.07) is 20.8. The number of ether oxygens (including phenoxy) is 1. The maximum atomic E-state index is 13.3. The SMILES string of the molecule is COc1cc2ccccc2cc1C(=O)N1CCN(c2cccc(C)c2)[C@@H](C)C1. The summed E-state index contributed by atoms with van der Waals surface area (Å²) < 4.78 is 5.54. The van der Waals surface area contributed by atoms with Crippen LogP contribution in [0.2, 0.25) is 0 Å². The number of anilines is 1. The van der Waals surface area contributed by atoms with Gasteiger partial charge in [-0.05, 0) is 54.4 Å². The van der Waals surface area contributed by atoms with E-state index >= 15 is 0 Å². The van der Waals surface area contributed by atoms with Crippen molar-refractivity contribution in [1.82, 2.24) is 4.90 Å². The van der Waals surface area contributed by atoms with Crippen LogP contribution in [0.3, 0.4) is 0 Å². The summed E-state index contributed by atoms with van der Waals surface area (Å²) >= 11 is 0. The molecule has 1 atom stereocenters. The molecular weight excluding hydrogens is 348 g/mol. The first kappa shape index (κ1) is 18.4. The average molecular weight is 374 g/mol. The Morgan fingerprint density at radius 2 is 1.75 bits per heavy atom. The monoisotopic (exact) mass is 374 g/mol. The van der Waals surface area contributed by atoms with Gasteiger partial charge >= 0.3 is 0 Å². The summed E-state index contributed by atoms with van der Waals surface area (Å²) in [5.74, 6) is 0.677. The molecule has 1 aliphatic rings. The molecule has 4 rings (SSSR count). The zero-order valence-electron chi connectivity index (χ0n) is 16.7. The van der Waals surface area contributed by atoms with Crippen molar-refractivity contribution in [3.05, 3.63) is 71.8 Å². The Kier molecular flexibility index (Phi) is 4.95. The number of nitrogens with zero attached hydrogens (tertiary/aromatic N) is 2. The lowest BCUT2D eigenvalue weighted by molar-refractivity contribution is 0.0723. The van der Waals surface area contributed by atoms with Gasteiger partial charge in [0.15, 0.2) is 0 Å². The zero-order chi connectivity index (χ0) is 19.7. The number of carbonyl (C=O) groups excluding carboxylic acids is 1. The van der Waals surface area contributed by atoms with Crippen LogP contribution in [0.15, 0.2) is 60.7 Å². The molecule has 0 saturated carbocycles. The van der Waals surface area contributed by atoms with Gasteiger partial charge in [0, 0.05) is 31.4 Å². The van der Waals surface area contributed by atoms with Crippen molar-refractivity contribution < 1.29 is 9.53 Å². The summed E-state index contributed by atoms with van der Waals surface area (Å²) in [5, 5.41) is 2.13. The minimum absolute atomic E-state index is 0.0401. The van der Waals surface area contributed by atoms with Crippen molar-refractivity contribution in [3.63, 3.8) is 0 Å². The van der Waals surface area contributed by atoms with E-state index in [-0.39, 0.29) is 11.9 Å². The molecule has 3 aromatic carbocycles. The fourth-order valence-electron chi connectivity index (χ4n) is 4.06. The van der Waals surface area contributed by atoms with Crippen LogP contribution >= 0.6 is 0 Å². The highest BCUT2D eigenvalue weighted by atomic mass is 16.5. The summed E-state index contributed by atoms with van der Waals surface area (Å²) in [6.07, 6.45) is 0. The molecule has 0 N–H and O–H groups in total. The van der Waals surface area contributed by atoms with Crippen molar-refractivity contribution in [2.24, 2.45) is 0 Å². The van der Waals surface area contributed by atoms with E-state index in [9.17, 15) is 4.79 Å². The standard InChI is InChI=1S/C24H26N2O2/c1-17-7-6-10-21(13-17)26-12-11-25(16-18(26)2)24(27)22-14-19-8-4-5-9-20(19)15-23(22)28-3/h4-10,13-15,18H,11-12,16H2,1-3H3/t18-/m0/s1. The Morgan fingerprint density at radius 3 is 2.43 bits per heavy atom. The zero-order valence-corrected chi connectivity index (χ0v) is 16.7. The largest absolute Gasteiger partial charge is 0.496 e. The van der Waals surface area contributed by atoms with E-state index in [1.54, 1.807) is 7.11 Å². The Hall–Kier alpha value is -3.01. The summed E-state index contributed by atoms with van der Waals surface area (Å²) in [6.45, 7) is 6.52. The van der Waals surface area contributed by atoms with Crippen molar-refractivity contribution in [2.75, 3.05) is 31.6 Å². The first-order valence-electron chi connectivity index (χ1n) is 9.76. The van der Waals surface area contributed by atoms with Crippen molar-refractivity contribution >= 4 is 22.4 Å². The fraction of sp³-hybridized carbons (Fsp3) is 0.292. The molecule has 4 nitrogen and oxygen atoms in total. The molecular formula is C24H26N2O2. The number of hydrogen-bond acceptors (Lipinski definition) is 3. The number of piperazine rings is 1. The predicted octanol–water partition coefficient (Wildman–Crippen LogP) is 4.51. The average Bonchev–Trinajstić information content (AvgIpc) is 2.72. The molecule has 144 valence electrons. The second kappa shape index (κ2) is 7.55. The molecule has 1 heterocycles. The molecule has 0 bridgehead atoms. The molecule has 1 fully saturated rings. The second-order valence-electron chi connectivity index (χ2n) is 7.53. The van der Waals surface area contributed by atoms with E-state index in [1.165, 1.54) is 11.3 Å². The normalized spacial score (nSPS) is 17.0. The number of amides is 1. The highest BCUT2D eigenvalue weighted by Crippen LogP contribution is 2.28. The highest BCUT2D eigenvalue weighted by Gasteiger charge is 2.29. The number of rotatable bonds is 3. The van der Waals surface area contributed by atoms with Gasteiger partial charge in [-0.25, -0.2) is 0 Å². The summed E-state index contributed by atoms with van der Waals surface area (Å²) in [5.41, 5.74) is 3.12. The van der Waals surface area contributed by atoms with Gasteiger partial charge in [-0.15, -0.1) is 0 Å². The van der Waals surface area contributed by atoms with E-state index in [0.29, 0.717) is 24.4 Å². The van der Waals surface area contributed by atoms with Gasteiger partial charge in [-0.1, -0.05) is 36.4 Å². The van der Waals surface area contributed by atoms with E-state index in [1.807, 2.05) is 41.3 Å². The second-order valence-corrected chi connectivity index (χ2v) is 7.53. The van der Waals surface area contributed by atoms with Crippen molar-refractivity contribution in [2.45, 2.75) is 19.9 Å². The Labute approximate surface area is 166 Å². The van der Waals surface area contributed by atoms with Crippen LogP contribution in [0.5, 0.6) is 5.75 Å². The fourth-order valence-corrected chi connectivity index (χ4v) is 4.06. The maximum absolute atomic E-state index is 13.3. The summed E-state index contributed by atoms with van der Waals surface area (Å²) in [4.78, 5) is 17.6. The third-order valence-electron chi connectivity index (χ3n) is 5.55. The Bertz CT molecular complexity index is 1010. The quantitative estimate of drug-likeness (QED) is 0.676. The van der Waals surface area contributed by atoms with E-state index in [4.69, 9.17) is 4.74 Å². The van der Waals surface area contributed by atoms with Crippen LogP contribution in [-0.4, -0.2) is 43.6 Å². The van der Waals surface area contributed by atoms with Gasteiger partial charge in [0.25, 0.3) is 5.91 Å². The Balaban J connectivity index is 1.57. The molecule has 1 amide bonds. The first-order chi connectivity index (χ1) is 13.6. The molecule has 0 spiro atoms. The van der Waals surface area contributed by atoms with E-state index in [0.717, 1.165) is 17.3 Å². The molecule has 3 aromatic rings. The van der Waals surface area contributed by atoms with Gasteiger partial charge in [0.1, 0.15) is 5.75 Å². The van der Waals surface area contributed by atoms with Crippen LogP contribution in [0, 0.1) is 6.92 Å². The Morgan fingerprint density at radius 1 is 1.00 bits per heavy atom. The highest BCUT2D eigenvalue weighted by molar-refractivity contribution is 6.01. The van der Waals surface area contributed by atoms with Crippen LogP contribution in [0.25, 0.3) is 10.8 Å². The third-order valence-corrected chi connectivity index (χ3v) is 5.55. The number of fused-ring (bicyclic) bond motifs is 1. The number of carbonyl (C=O) groups is 1. The van der Waals surface area contributed by atoms with Crippen LogP contribution in [0.1, 0.15) is 22.8 Å². The number of benzene rings is 3. The topological polar surface area (TPSA) is 32.8 Å². The maximum Gasteiger partial charge on any atom is 0.257 e. The first-order valence-corrected chi connectivity index (χ1v) is 9.76. The van der Waals surface area contributed by atoms with Gasteiger partial charge < -0.3 is 14.5 Å². The summed E-state index contributed by atoms with van der Waals surface area (Å²) in [7, 11) is 1.62. The third kappa shape index (κ3) is 3.42. The minimum atomic E-state index is 0.0401. The molecule has 0 unspecified atom stereocenters. The van der Waals surface area contributed by atoms with Gasteiger partial charge in [-0.2, -0.15) is 0 Å². The van der Waals surface area contributed by atoms with E-state index in [2.05, 4.69) is 43.0 Å². The lowest BCUT2D eigenvalue weighted by atomic mass is 10.0. The van der Waals surface area contributed by atoms with Gasteiger partial charge in [0.2, 0.25) is 0 Å². The van der Waals surface area contributed by atoms with Gasteiger partial charge in [0.05, 0.1) is 12.7 Å². The predicted molar refractivity (Wildman–Crippen MR) is 114 cm³/mol. The molecule has 28 heavy (non-hydrogen) atoms. The molecule has 1 saturated heterocycles. The number of methoxy groups -OCH3 is 1. The van der Waals surface area contributed by atoms with Gasteiger partial charge in [-0.3, -0.25) is 4.79 Å². The van der Waals surface area contributed by atoms with Crippen LogP contribution in [-0.2, 0) is 0 Å². The van der Waals surface area contributed by atoms with E-state index < -0.39 is 0 Å². The lowest BCUT2D eigenvalue weighted by Crippen LogP contribution is -2.53. The molecule has 0 radical (unpaired) electrons. The molecule has 4 heteroatoms. The van der Waals surface area contributed by atoms with Crippen molar-refractivity contribution in [3.8, 4) is 5.75 Å². The number of hydrogen-bond donors (Lipinski definition) is 0. The molecule has 1 aliphatic heterocycles. The lowest BCUT2D eigenvalue weighted by Gasteiger charge is -2.41. The smallest absolute Gasteiger partial charge is 0.257 e. The number of aryl methyl sites for hydroxylation is 1. The molecule has 0 aromatic heterocycles.